The summed E-state index contributed by atoms with van der Waals surface area (Å²) in [7, 11) is 0. The molecule has 1 aromatic heterocycles. The molecule has 4 rings (SSSR count). The predicted octanol–water partition coefficient (Wildman–Crippen LogP) is 1.95. The third kappa shape index (κ3) is 2.69. The van der Waals surface area contributed by atoms with Gasteiger partial charge in [-0.3, -0.25) is 9.59 Å². The Morgan fingerprint density at radius 2 is 1.79 bits per heavy atom. The van der Waals surface area contributed by atoms with E-state index in [-0.39, 0.29) is 17.5 Å². The maximum atomic E-state index is 13.1. The number of piperidine rings is 1. The van der Waals surface area contributed by atoms with Crippen LogP contribution in [-0.4, -0.2) is 41.6 Å². The molecule has 5 heteroatoms. The standard InChI is InChI=1S/C19H27N3O2/c1-13-7-10-22(16-5-8-20-9-6-16)19(24)17(13)18(23)21-11-14-3-2-4-15(14)12-21/h7,10,14-16,20H,2-6,8-9,11-12H2,1H3/t14-,15+. The quantitative estimate of drug-likeness (QED) is 0.902. The van der Waals surface area contributed by atoms with Gasteiger partial charge in [0, 0.05) is 25.3 Å². The van der Waals surface area contributed by atoms with Gasteiger partial charge in [0.25, 0.3) is 11.5 Å². The first-order chi connectivity index (χ1) is 11.6. The van der Waals surface area contributed by atoms with Crippen molar-refractivity contribution in [2.45, 2.75) is 45.1 Å². The van der Waals surface area contributed by atoms with Crippen molar-refractivity contribution in [1.29, 1.82) is 0 Å². The number of carbonyl (C=O) groups is 1. The Hall–Kier alpha value is -1.62. The Balaban J connectivity index is 1.62. The van der Waals surface area contributed by atoms with Crippen molar-refractivity contribution in [3.8, 4) is 0 Å². The van der Waals surface area contributed by atoms with Gasteiger partial charge in [-0.1, -0.05) is 6.42 Å². The first-order valence-corrected chi connectivity index (χ1v) is 9.37. The smallest absolute Gasteiger partial charge is 0.263 e. The number of aromatic nitrogens is 1. The summed E-state index contributed by atoms with van der Waals surface area (Å²) >= 11 is 0. The number of hydrogen-bond acceptors (Lipinski definition) is 3. The van der Waals surface area contributed by atoms with E-state index in [4.69, 9.17) is 0 Å². The Morgan fingerprint density at radius 1 is 1.12 bits per heavy atom. The Bertz CT molecular complexity index is 678. The number of rotatable bonds is 2. The number of amides is 1. The number of nitrogens with zero attached hydrogens (tertiary/aromatic N) is 2. The van der Waals surface area contributed by atoms with Gasteiger partial charge in [0.05, 0.1) is 0 Å². The number of aryl methyl sites for hydroxylation is 1. The van der Waals surface area contributed by atoms with Crippen LogP contribution in [0.3, 0.4) is 0 Å². The normalized spacial score (nSPS) is 27.5. The summed E-state index contributed by atoms with van der Waals surface area (Å²) < 4.78 is 1.80. The molecule has 0 bridgehead atoms. The molecule has 2 saturated heterocycles. The van der Waals surface area contributed by atoms with E-state index in [1.54, 1.807) is 4.57 Å². The third-order valence-corrected chi connectivity index (χ3v) is 6.26. The molecule has 5 nitrogen and oxygen atoms in total. The summed E-state index contributed by atoms with van der Waals surface area (Å²) in [6.45, 7) is 5.43. The molecular formula is C19H27N3O2. The highest BCUT2D eigenvalue weighted by molar-refractivity contribution is 5.95. The van der Waals surface area contributed by atoms with Crippen LogP contribution in [0.15, 0.2) is 17.1 Å². The summed E-state index contributed by atoms with van der Waals surface area (Å²) in [5.41, 5.74) is 1.12. The van der Waals surface area contributed by atoms with E-state index >= 15 is 0 Å². The molecule has 1 aromatic rings. The van der Waals surface area contributed by atoms with Crippen molar-refractivity contribution >= 4 is 5.91 Å². The summed E-state index contributed by atoms with van der Waals surface area (Å²) in [6.07, 6.45) is 7.55. The lowest BCUT2D eigenvalue weighted by Crippen LogP contribution is -2.39. The minimum Gasteiger partial charge on any atom is -0.338 e. The van der Waals surface area contributed by atoms with E-state index in [1.807, 2.05) is 24.1 Å². The van der Waals surface area contributed by atoms with E-state index < -0.39 is 0 Å². The second kappa shape index (κ2) is 6.36. The fraction of sp³-hybridized carbons (Fsp3) is 0.684. The summed E-state index contributed by atoms with van der Waals surface area (Å²) in [5, 5.41) is 3.33. The lowest BCUT2D eigenvalue weighted by Gasteiger charge is -2.26. The molecule has 1 N–H and O–H groups in total. The largest absolute Gasteiger partial charge is 0.338 e. The second-order valence-electron chi connectivity index (χ2n) is 7.73. The van der Waals surface area contributed by atoms with E-state index in [2.05, 4.69) is 5.32 Å². The average Bonchev–Trinajstić information content (AvgIpc) is 3.17. The highest BCUT2D eigenvalue weighted by Crippen LogP contribution is 2.38. The number of pyridine rings is 1. The molecule has 3 heterocycles. The zero-order valence-corrected chi connectivity index (χ0v) is 14.5. The van der Waals surface area contributed by atoms with Crippen molar-refractivity contribution in [1.82, 2.24) is 14.8 Å². The molecule has 2 atom stereocenters. The summed E-state index contributed by atoms with van der Waals surface area (Å²) in [4.78, 5) is 28.0. The first kappa shape index (κ1) is 15.9. The molecule has 24 heavy (non-hydrogen) atoms. The van der Waals surface area contributed by atoms with Gasteiger partial charge in [0.15, 0.2) is 0 Å². The molecule has 0 aromatic carbocycles. The Kier molecular flexibility index (Phi) is 4.21. The highest BCUT2D eigenvalue weighted by Gasteiger charge is 2.39. The number of carbonyl (C=O) groups excluding carboxylic acids is 1. The average molecular weight is 329 g/mol. The van der Waals surface area contributed by atoms with Crippen molar-refractivity contribution < 1.29 is 4.79 Å². The minimum absolute atomic E-state index is 0.0461. The van der Waals surface area contributed by atoms with Crippen LogP contribution in [-0.2, 0) is 0 Å². The van der Waals surface area contributed by atoms with Gasteiger partial charge in [-0.15, -0.1) is 0 Å². The summed E-state index contributed by atoms with van der Waals surface area (Å²) in [6, 6.07) is 2.15. The monoisotopic (exact) mass is 329 g/mol. The predicted molar refractivity (Wildman–Crippen MR) is 93.3 cm³/mol. The maximum absolute atomic E-state index is 13.1. The van der Waals surface area contributed by atoms with Crippen molar-refractivity contribution in [3.05, 3.63) is 33.7 Å². The Labute approximate surface area is 143 Å². The molecule has 3 fully saturated rings. The number of fused-ring (bicyclic) bond motifs is 1. The zero-order valence-electron chi connectivity index (χ0n) is 14.5. The van der Waals surface area contributed by atoms with Crippen molar-refractivity contribution in [2.24, 2.45) is 11.8 Å². The lowest BCUT2D eigenvalue weighted by atomic mass is 10.0. The molecule has 0 spiro atoms. The van der Waals surface area contributed by atoms with E-state index in [0.29, 0.717) is 17.4 Å². The summed E-state index contributed by atoms with van der Waals surface area (Å²) in [5.74, 6) is 1.27. The van der Waals surface area contributed by atoms with Gasteiger partial charge >= 0.3 is 0 Å². The maximum Gasteiger partial charge on any atom is 0.263 e. The van der Waals surface area contributed by atoms with E-state index in [9.17, 15) is 9.59 Å². The second-order valence-corrected chi connectivity index (χ2v) is 7.73. The lowest BCUT2D eigenvalue weighted by molar-refractivity contribution is 0.0777. The van der Waals surface area contributed by atoms with Crippen LogP contribution in [0.1, 0.15) is 54.1 Å². The van der Waals surface area contributed by atoms with Crippen LogP contribution in [0, 0.1) is 18.8 Å². The number of likely N-dealkylation sites (tertiary alicyclic amines) is 1. The van der Waals surface area contributed by atoms with Crippen LogP contribution in [0.2, 0.25) is 0 Å². The van der Waals surface area contributed by atoms with Crippen LogP contribution in [0.25, 0.3) is 0 Å². The molecule has 130 valence electrons. The minimum atomic E-state index is -0.0936. The van der Waals surface area contributed by atoms with E-state index in [0.717, 1.165) is 44.6 Å². The van der Waals surface area contributed by atoms with Crippen molar-refractivity contribution in [3.63, 3.8) is 0 Å². The van der Waals surface area contributed by atoms with Gasteiger partial charge in [0.1, 0.15) is 5.56 Å². The molecule has 3 aliphatic rings. The molecule has 0 radical (unpaired) electrons. The van der Waals surface area contributed by atoms with Gasteiger partial charge in [-0.2, -0.15) is 0 Å². The molecule has 0 unspecified atom stereocenters. The fourth-order valence-electron chi connectivity index (χ4n) is 4.83. The number of nitrogens with one attached hydrogen (secondary N) is 1. The van der Waals surface area contributed by atoms with Crippen molar-refractivity contribution in [2.75, 3.05) is 26.2 Å². The molecule has 2 aliphatic heterocycles. The molecular weight excluding hydrogens is 302 g/mol. The van der Waals surface area contributed by atoms with Gasteiger partial charge in [0.2, 0.25) is 0 Å². The van der Waals surface area contributed by atoms with Gasteiger partial charge < -0.3 is 14.8 Å². The van der Waals surface area contributed by atoms with Gasteiger partial charge in [-0.05, 0) is 69.2 Å². The zero-order chi connectivity index (χ0) is 16.7. The molecule has 1 saturated carbocycles. The van der Waals surface area contributed by atoms with Crippen LogP contribution in [0.5, 0.6) is 0 Å². The Morgan fingerprint density at radius 3 is 2.46 bits per heavy atom. The molecule has 1 aliphatic carbocycles. The topological polar surface area (TPSA) is 54.3 Å². The van der Waals surface area contributed by atoms with Gasteiger partial charge in [-0.25, -0.2) is 0 Å². The van der Waals surface area contributed by atoms with Crippen LogP contribution >= 0.6 is 0 Å². The highest BCUT2D eigenvalue weighted by atomic mass is 16.2. The van der Waals surface area contributed by atoms with E-state index in [1.165, 1.54) is 19.3 Å². The van der Waals surface area contributed by atoms with Crippen LogP contribution in [0.4, 0.5) is 0 Å². The number of hydrogen-bond donors (Lipinski definition) is 1. The first-order valence-electron chi connectivity index (χ1n) is 9.37. The SMILES string of the molecule is Cc1ccn(C2CCNCC2)c(=O)c1C(=O)N1C[C@H]2CCC[C@H]2C1. The van der Waals surface area contributed by atoms with Crippen LogP contribution < -0.4 is 10.9 Å². The fourth-order valence-corrected chi connectivity index (χ4v) is 4.83. The molecule has 1 amide bonds. The third-order valence-electron chi connectivity index (χ3n) is 6.26.